The third-order valence-electron chi connectivity index (χ3n) is 4.04. The number of ether oxygens (including phenoxy) is 1. The van der Waals surface area contributed by atoms with E-state index < -0.39 is 4.92 Å². The van der Waals surface area contributed by atoms with E-state index >= 15 is 0 Å². The molecule has 3 rings (SSSR count). The Balaban J connectivity index is 1.49. The predicted molar refractivity (Wildman–Crippen MR) is 89.8 cm³/mol. The van der Waals surface area contributed by atoms with E-state index in [0.29, 0.717) is 26.2 Å². The van der Waals surface area contributed by atoms with Crippen LogP contribution in [-0.4, -0.2) is 59.3 Å². The molecule has 9 nitrogen and oxygen atoms in total. The highest BCUT2D eigenvalue weighted by Crippen LogP contribution is 2.19. The van der Waals surface area contributed by atoms with E-state index in [0.717, 1.165) is 0 Å². The van der Waals surface area contributed by atoms with Crippen molar-refractivity contribution in [2.75, 3.05) is 32.8 Å². The average Bonchev–Trinajstić information content (AvgIpc) is 3.20. The van der Waals surface area contributed by atoms with Crippen molar-refractivity contribution in [3.8, 4) is 5.75 Å². The van der Waals surface area contributed by atoms with Gasteiger partial charge in [-0.1, -0.05) is 6.07 Å². The molecular formula is C17H17N3O6. The van der Waals surface area contributed by atoms with Gasteiger partial charge in [-0.15, -0.1) is 0 Å². The van der Waals surface area contributed by atoms with Crippen LogP contribution in [0.25, 0.3) is 0 Å². The maximum Gasteiger partial charge on any atom is 0.289 e. The Morgan fingerprint density at radius 1 is 1.12 bits per heavy atom. The molecule has 0 unspecified atom stereocenters. The van der Waals surface area contributed by atoms with Crippen LogP contribution in [0.3, 0.4) is 0 Å². The summed E-state index contributed by atoms with van der Waals surface area (Å²) in [6, 6.07) is 8.93. The molecule has 2 heterocycles. The number of piperazine rings is 1. The summed E-state index contributed by atoms with van der Waals surface area (Å²) < 4.78 is 10.5. The molecule has 1 aromatic heterocycles. The molecule has 1 saturated heterocycles. The van der Waals surface area contributed by atoms with Gasteiger partial charge in [0.25, 0.3) is 17.5 Å². The maximum absolute atomic E-state index is 12.2. The molecule has 1 fully saturated rings. The number of carbonyl (C=O) groups excluding carboxylic acids is 2. The molecule has 0 saturated carbocycles. The van der Waals surface area contributed by atoms with Gasteiger partial charge in [0.05, 0.1) is 17.3 Å². The number of rotatable bonds is 5. The normalized spacial score (nSPS) is 14.2. The summed E-state index contributed by atoms with van der Waals surface area (Å²) >= 11 is 0. The third-order valence-corrected chi connectivity index (χ3v) is 4.04. The minimum atomic E-state index is -0.524. The summed E-state index contributed by atoms with van der Waals surface area (Å²) in [5.41, 5.74) is -0.0972. The molecule has 2 amide bonds. The van der Waals surface area contributed by atoms with Crippen LogP contribution in [0.5, 0.6) is 5.75 Å². The van der Waals surface area contributed by atoms with Gasteiger partial charge < -0.3 is 19.0 Å². The first-order valence-corrected chi connectivity index (χ1v) is 8.02. The van der Waals surface area contributed by atoms with Crippen molar-refractivity contribution >= 4 is 17.5 Å². The topological polar surface area (TPSA) is 106 Å². The lowest BCUT2D eigenvalue weighted by atomic mass is 10.3. The van der Waals surface area contributed by atoms with E-state index in [-0.39, 0.29) is 35.6 Å². The van der Waals surface area contributed by atoms with E-state index in [1.54, 1.807) is 28.0 Å². The number of amides is 2. The van der Waals surface area contributed by atoms with Crippen LogP contribution in [0.2, 0.25) is 0 Å². The number of nitro benzene ring substituents is 1. The first-order valence-electron chi connectivity index (χ1n) is 8.02. The lowest BCUT2D eigenvalue weighted by molar-refractivity contribution is -0.384. The van der Waals surface area contributed by atoms with E-state index in [9.17, 15) is 19.7 Å². The van der Waals surface area contributed by atoms with Crippen molar-refractivity contribution in [2.45, 2.75) is 0 Å². The monoisotopic (exact) mass is 359 g/mol. The van der Waals surface area contributed by atoms with E-state index in [1.807, 2.05) is 0 Å². The molecule has 0 bridgehead atoms. The van der Waals surface area contributed by atoms with Crippen molar-refractivity contribution in [2.24, 2.45) is 0 Å². The third kappa shape index (κ3) is 4.00. The smallest absolute Gasteiger partial charge is 0.289 e. The van der Waals surface area contributed by atoms with Gasteiger partial charge >= 0.3 is 0 Å². The Labute approximate surface area is 148 Å². The van der Waals surface area contributed by atoms with Gasteiger partial charge in [-0.2, -0.15) is 0 Å². The summed E-state index contributed by atoms with van der Waals surface area (Å²) in [6.07, 6.45) is 1.44. The van der Waals surface area contributed by atoms with Crippen molar-refractivity contribution in [3.05, 3.63) is 58.5 Å². The number of benzene rings is 1. The first-order chi connectivity index (χ1) is 12.5. The van der Waals surface area contributed by atoms with E-state index in [4.69, 9.17) is 9.15 Å². The number of nitro groups is 1. The average molecular weight is 359 g/mol. The largest absolute Gasteiger partial charge is 0.484 e. The summed E-state index contributed by atoms with van der Waals surface area (Å²) in [6.45, 7) is 1.38. The highest BCUT2D eigenvalue weighted by atomic mass is 16.6. The fraction of sp³-hybridized carbons (Fsp3) is 0.294. The van der Waals surface area contributed by atoms with Crippen molar-refractivity contribution < 1.29 is 23.7 Å². The minimum absolute atomic E-state index is 0.0972. The zero-order valence-corrected chi connectivity index (χ0v) is 13.9. The maximum atomic E-state index is 12.2. The standard InChI is InChI=1S/C17H17N3O6/c21-16(12-26-14-4-1-3-13(11-14)20(23)24)18-6-8-19(9-7-18)17(22)15-5-2-10-25-15/h1-5,10-11H,6-9,12H2. The lowest BCUT2D eigenvalue weighted by Gasteiger charge is -2.34. The Hall–Kier alpha value is -3.36. The van der Waals surface area contributed by atoms with Gasteiger partial charge in [-0.3, -0.25) is 19.7 Å². The molecule has 0 radical (unpaired) electrons. The summed E-state index contributed by atoms with van der Waals surface area (Å²) in [4.78, 5) is 37.9. The second-order valence-corrected chi connectivity index (χ2v) is 5.69. The van der Waals surface area contributed by atoms with Gasteiger partial charge in [-0.05, 0) is 18.2 Å². The van der Waals surface area contributed by atoms with Crippen LogP contribution in [0, 0.1) is 10.1 Å². The van der Waals surface area contributed by atoms with Gasteiger partial charge in [0.2, 0.25) is 0 Å². The molecule has 0 aliphatic carbocycles. The van der Waals surface area contributed by atoms with Crippen LogP contribution in [0.4, 0.5) is 5.69 Å². The molecular weight excluding hydrogens is 342 g/mol. The molecule has 9 heteroatoms. The van der Waals surface area contributed by atoms with Crippen molar-refractivity contribution in [1.29, 1.82) is 0 Å². The lowest BCUT2D eigenvalue weighted by Crippen LogP contribution is -2.51. The molecule has 0 spiro atoms. The van der Waals surface area contributed by atoms with Crippen LogP contribution in [0.15, 0.2) is 47.1 Å². The summed E-state index contributed by atoms with van der Waals surface area (Å²) in [7, 11) is 0. The molecule has 2 aromatic rings. The summed E-state index contributed by atoms with van der Waals surface area (Å²) in [5.74, 6) is 0.106. The first kappa shape index (κ1) is 17.5. The Bertz CT molecular complexity index is 797. The van der Waals surface area contributed by atoms with Crippen LogP contribution in [0.1, 0.15) is 10.6 Å². The van der Waals surface area contributed by atoms with Crippen molar-refractivity contribution in [1.82, 2.24) is 9.80 Å². The van der Waals surface area contributed by atoms with Crippen LogP contribution >= 0.6 is 0 Å². The van der Waals surface area contributed by atoms with Crippen LogP contribution in [-0.2, 0) is 4.79 Å². The number of furan rings is 1. The zero-order chi connectivity index (χ0) is 18.5. The highest BCUT2D eigenvalue weighted by Gasteiger charge is 2.26. The van der Waals surface area contributed by atoms with Gasteiger partial charge in [0.1, 0.15) is 5.75 Å². The van der Waals surface area contributed by atoms with E-state index in [2.05, 4.69) is 0 Å². The number of carbonyl (C=O) groups is 2. The number of hydrogen-bond donors (Lipinski definition) is 0. The Morgan fingerprint density at radius 2 is 1.85 bits per heavy atom. The Kier molecular flexibility index (Phi) is 5.16. The Morgan fingerprint density at radius 3 is 2.50 bits per heavy atom. The second-order valence-electron chi connectivity index (χ2n) is 5.69. The SMILES string of the molecule is O=C(COc1cccc([N+](=O)[O-])c1)N1CCN(C(=O)c2ccco2)CC1. The number of non-ortho nitro benzene ring substituents is 1. The molecule has 0 atom stereocenters. The molecule has 26 heavy (non-hydrogen) atoms. The zero-order valence-electron chi connectivity index (χ0n) is 13.9. The van der Waals surface area contributed by atoms with Gasteiger partial charge in [0.15, 0.2) is 12.4 Å². The molecule has 0 N–H and O–H groups in total. The second kappa shape index (κ2) is 7.68. The molecule has 136 valence electrons. The van der Waals surface area contributed by atoms with Crippen LogP contribution < -0.4 is 4.74 Å². The molecule has 1 aliphatic rings. The quantitative estimate of drug-likeness (QED) is 0.592. The fourth-order valence-corrected chi connectivity index (χ4v) is 2.64. The number of hydrogen-bond acceptors (Lipinski definition) is 6. The predicted octanol–water partition coefficient (Wildman–Crippen LogP) is 1.55. The van der Waals surface area contributed by atoms with Gasteiger partial charge in [0, 0.05) is 32.2 Å². The fourth-order valence-electron chi connectivity index (χ4n) is 2.64. The molecule has 1 aromatic carbocycles. The van der Waals surface area contributed by atoms with Gasteiger partial charge in [-0.25, -0.2) is 0 Å². The number of nitrogens with zero attached hydrogens (tertiary/aromatic N) is 3. The molecule has 1 aliphatic heterocycles. The summed E-state index contributed by atoms with van der Waals surface area (Å²) in [5, 5.41) is 10.7. The van der Waals surface area contributed by atoms with E-state index in [1.165, 1.54) is 24.5 Å². The minimum Gasteiger partial charge on any atom is -0.484 e. The van der Waals surface area contributed by atoms with Crippen molar-refractivity contribution in [3.63, 3.8) is 0 Å². The highest BCUT2D eigenvalue weighted by molar-refractivity contribution is 5.91.